The van der Waals surface area contributed by atoms with Crippen LogP contribution in [0.2, 0.25) is 0 Å². The summed E-state index contributed by atoms with van der Waals surface area (Å²) in [5.74, 6) is -0.0904. The lowest BCUT2D eigenvalue weighted by atomic mass is 10.7. The summed E-state index contributed by atoms with van der Waals surface area (Å²) >= 11 is 0.798. The first-order valence-electron chi connectivity index (χ1n) is 2.55. The molecule has 1 rings (SSSR count). The van der Waals surface area contributed by atoms with Gasteiger partial charge in [0, 0.05) is 0 Å². The second kappa shape index (κ2) is 3.04. The van der Waals surface area contributed by atoms with Gasteiger partial charge in [-0.1, -0.05) is 0 Å². The fourth-order valence-electron chi connectivity index (χ4n) is 0.375. The van der Waals surface area contributed by atoms with Crippen LogP contribution < -0.4 is 4.74 Å². The van der Waals surface area contributed by atoms with E-state index in [0.717, 1.165) is 17.9 Å². The first-order chi connectivity index (χ1) is 5.08. The first kappa shape index (κ1) is 8.25. The molecule has 0 fully saturated rings. The van der Waals surface area contributed by atoms with E-state index in [2.05, 4.69) is 13.5 Å². The zero-order chi connectivity index (χ0) is 8.32. The number of hydrogen-bond donors (Lipinski definition) is 0. The van der Waals surface area contributed by atoms with Gasteiger partial charge in [-0.25, -0.2) is 0 Å². The molecular formula is C4H3F3N2OS. The average Bonchev–Trinajstić information content (AvgIpc) is 2.32. The van der Waals surface area contributed by atoms with E-state index in [9.17, 15) is 13.2 Å². The molecule has 0 saturated heterocycles. The third kappa shape index (κ3) is 3.17. The van der Waals surface area contributed by atoms with Gasteiger partial charge in [-0.2, -0.15) is 17.5 Å². The van der Waals surface area contributed by atoms with E-state index in [1.165, 1.54) is 0 Å². The van der Waals surface area contributed by atoms with Crippen molar-refractivity contribution in [2.75, 3.05) is 6.61 Å². The van der Waals surface area contributed by atoms with Crippen LogP contribution in [-0.2, 0) is 0 Å². The molecule has 3 nitrogen and oxygen atoms in total. The highest BCUT2D eigenvalue weighted by Crippen LogP contribution is 2.16. The number of nitrogens with zero attached hydrogens (tertiary/aromatic N) is 2. The van der Waals surface area contributed by atoms with Crippen molar-refractivity contribution in [1.82, 2.24) is 8.75 Å². The summed E-state index contributed by atoms with van der Waals surface area (Å²) in [4.78, 5) is 0. The number of halogens is 3. The molecule has 0 radical (unpaired) electrons. The molecule has 1 aromatic heterocycles. The van der Waals surface area contributed by atoms with Gasteiger partial charge < -0.3 is 4.74 Å². The lowest BCUT2D eigenvalue weighted by molar-refractivity contribution is -0.154. The van der Waals surface area contributed by atoms with Gasteiger partial charge in [0.25, 0.3) is 0 Å². The largest absolute Gasteiger partial charge is 0.466 e. The maximum atomic E-state index is 11.5. The summed E-state index contributed by atoms with van der Waals surface area (Å²) in [6.45, 7) is -1.32. The Kier molecular flexibility index (Phi) is 2.28. The number of hydrogen-bond acceptors (Lipinski definition) is 4. The normalized spacial score (nSPS) is 11.5. The number of ether oxygens (including phenoxy) is 1. The molecule has 0 spiro atoms. The van der Waals surface area contributed by atoms with Crippen LogP contribution in [0.1, 0.15) is 0 Å². The van der Waals surface area contributed by atoms with E-state index < -0.39 is 12.8 Å². The van der Waals surface area contributed by atoms with Gasteiger partial charge >= 0.3 is 6.18 Å². The Morgan fingerprint density at radius 2 is 2.27 bits per heavy atom. The zero-order valence-corrected chi connectivity index (χ0v) is 5.95. The van der Waals surface area contributed by atoms with Crippen LogP contribution in [-0.4, -0.2) is 21.5 Å². The standard InChI is InChI=1S/C4H3F3N2OS/c5-4(6,7)2-10-3-1-8-11-9-3/h1H,2H2. The molecule has 0 atom stereocenters. The second-order valence-electron chi connectivity index (χ2n) is 1.65. The Labute approximate surface area is 64.1 Å². The van der Waals surface area contributed by atoms with E-state index in [1.807, 2.05) is 0 Å². The summed E-state index contributed by atoms with van der Waals surface area (Å²) in [6.07, 6.45) is -3.18. The minimum absolute atomic E-state index is 0.0904. The predicted octanol–water partition coefficient (Wildman–Crippen LogP) is 1.48. The molecule has 1 aromatic rings. The van der Waals surface area contributed by atoms with Crippen molar-refractivity contribution in [1.29, 1.82) is 0 Å². The van der Waals surface area contributed by atoms with Gasteiger partial charge in [0.1, 0.15) is 6.20 Å². The Balaban J connectivity index is 2.35. The van der Waals surface area contributed by atoms with Crippen molar-refractivity contribution in [3.05, 3.63) is 6.20 Å². The molecule has 7 heteroatoms. The monoisotopic (exact) mass is 184 g/mol. The topological polar surface area (TPSA) is 35.0 Å². The molecule has 0 N–H and O–H groups in total. The highest BCUT2D eigenvalue weighted by Gasteiger charge is 2.28. The molecular weight excluding hydrogens is 181 g/mol. The SMILES string of the molecule is FC(F)(F)COc1cnsn1. The highest BCUT2D eigenvalue weighted by atomic mass is 32.1. The van der Waals surface area contributed by atoms with E-state index in [1.54, 1.807) is 0 Å². The molecule has 1 heterocycles. The summed E-state index contributed by atoms with van der Waals surface area (Å²) in [5.41, 5.74) is 0. The highest BCUT2D eigenvalue weighted by molar-refractivity contribution is 6.99. The van der Waals surface area contributed by atoms with Crippen LogP contribution >= 0.6 is 11.7 Å². The third-order valence-corrected chi connectivity index (χ3v) is 1.19. The number of aromatic nitrogens is 2. The van der Waals surface area contributed by atoms with Gasteiger partial charge in [0.2, 0.25) is 5.88 Å². The van der Waals surface area contributed by atoms with Crippen molar-refractivity contribution in [2.45, 2.75) is 6.18 Å². The van der Waals surface area contributed by atoms with E-state index in [0.29, 0.717) is 0 Å². The van der Waals surface area contributed by atoms with Gasteiger partial charge in [0.15, 0.2) is 6.61 Å². The number of rotatable bonds is 2. The van der Waals surface area contributed by atoms with Crippen LogP contribution in [0.3, 0.4) is 0 Å². The van der Waals surface area contributed by atoms with Crippen LogP contribution in [0, 0.1) is 0 Å². The summed E-state index contributed by atoms with van der Waals surface area (Å²) in [5, 5.41) is 0. The van der Waals surface area contributed by atoms with Crippen LogP contribution in [0.4, 0.5) is 13.2 Å². The fraction of sp³-hybridized carbons (Fsp3) is 0.500. The summed E-state index contributed by atoms with van der Waals surface area (Å²) < 4.78 is 45.5. The maximum Gasteiger partial charge on any atom is 0.422 e. The Morgan fingerprint density at radius 1 is 1.55 bits per heavy atom. The first-order valence-corrected chi connectivity index (χ1v) is 3.28. The van der Waals surface area contributed by atoms with Crippen molar-refractivity contribution in [3.63, 3.8) is 0 Å². The Morgan fingerprint density at radius 3 is 2.73 bits per heavy atom. The molecule has 0 amide bonds. The van der Waals surface area contributed by atoms with E-state index in [-0.39, 0.29) is 5.88 Å². The molecule has 0 unspecified atom stereocenters. The number of alkyl halides is 3. The molecule has 0 saturated carbocycles. The lowest BCUT2D eigenvalue weighted by Crippen LogP contribution is -2.19. The predicted molar refractivity (Wildman–Crippen MR) is 31.5 cm³/mol. The maximum absolute atomic E-state index is 11.5. The second-order valence-corrected chi connectivity index (χ2v) is 2.21. The third-order valence-electron chi connectivity index (χ3n) is 0.725. The molecule has 0 bridgehead atoms. The van der Waals surface area contributed by atoms with Crippen molar-refractivity contribution in [3.8, 4) is 5.88 Å². The zero-order valence-electron chi connectivity index (χ0n) is 5.13. The van der Waals surface area contributed by atoms with Crippen LogP contribution in [0.15, 0.2) is 6.20 Å². The molecule has 11 heavy (non-hydrogen) atoms. The quantitative estimate of drug-likeness (QED) is 0.698. The Hall–Kier alpha value is -0.850. The van der Waals surface area contributed by atoms with Crippen LogP contribution in [0.5, 0.6) is 5.88 Å². The lowest BCUT2D eigenvalue weighted by Gasteiger charge is -2.04. The van der Waals surface area contributed by atoms with Crippen molar-refractivity contribution in [2.24, 2.45) is 0 Å². The van der Waals surface area contributed by atoms with E-state index >= 15 is 0 Å². The minimum Gasteiger partial charge on any atom is -0.466 e. The smallest absolute Gasteiger partial charge is 0.422 e. The molecule has 62 valence electrons. The van der Waals surface area contributed by atoms with E-state index in [4.69, 9.17) is 0 Å². The Bertz CT molecular complexity index is 210. The van der Waals surface area contributed by atoms with Crippen molar-refractivity contribution >= 4 is 11.7 Å². The van der Waals surface area contributed by atoms with Gasteiger partial charge in [-0.3, -0.25) is 0 Å². The average molecular weight is 184 g/mol. The molecule has 0 aliphatic rings. The summed E-state index contributed by atoms with van der Waals surface area (Å²) in [7, 11) is 0. The molecule has 0 aliphatic heterocycles. The molecule has 0 aliphatic carbocycles. The minimum atomic E-state index is -4.32. The van der Waals surface area contributed by atoms with Gasteiger partial charge in [-0.05, 0) is 0 Å². The molecule has 0 aromatic carbocycles. The van der Waals surface area contributed by atoms with Gasteiger partial charge in [0.05, 0.1) is 11.7 Å². The van der Waals surface area contributed by atoms with Crippen LogP contribution in [0.25, 0.3) is 0 Å². The van der Waals surface area contributed by atoms with Crippen molar-refractivity contribution < 1.29 is 17.9 Å². The fourth-order valence-corrected chi connectivity index (χ4v) is 0.740. The van der Waals surface area contributed by atoms with Gasteiger partial charge in [-0.15, -0.1) is 4.37 Å². The summed E-state index contributed by atoms with van der Waals surface area (Å²) in [6, 6.07) is 0.